The normalized spacial score (nSPS) is 13.0. The van der Waals surface area contributed by atoms with E-state index in [1.807, 2.05) is 18.2 Å². The molecule has 0 aromatic heterocycles. The molecule has 1 aromatic rings. The Labute approximate surface area is 142 Å². The van der Waals surface area contributed by atoms with E-state index in [4.69, 9.17) is 4.74 Å². The minimum Gasteiger partial charge on any atom is -0.492 e. The summed E-state index contributed by atoms with van der Waals surface area (Å²) in [6, 6.07) is 8.43. The Bertz CT molecular complexity index is 492. The highest BCUT2D eigenvalue weighted by Crippen LogP contribution is 2.21. The second-order valence-corrected chi connectivity index (χ2v) is 7.28. The maximum atomic E-state index is 12.2. The predicted molar refractivity (Wildman–Crippen MR) is 98.1 cm³/mol. The number of hydrogen-bond donors (Lipinski definition) is 0. The van der Waals surface area contributed by atoms with Crippen LogP contribution in [0.15, 0.2) is 34.2 Å². The molecule has 0 aliphatic rings. The fourth-order valence-corrected chi connectivity index (χ4v) is 2.96. The first-order chi connectivity index (χ1) is 11.2. The van der Waals surface area contributed by atoms with Gasteiger partial charge in [-0.25, -0.2) is 4.78 Å². The molecule has 0 heterocycles. The molecule has 0 saturated carbocycles. The molecule has 0 saturated heterocycles. The maximum absolute atomic E-state index is 12.2. The third-order valence-electron chi connectivity index (χ3n) is 3.91. The zero-order chi connectivity index (χ0) is 16.9. The van der Waals surface area contributed by atoms with Crippen LogP contribution >= 0.6 is 0 Å². The molecule has 0 bridgehead atoms. The van der Waals surface area contributed by atoms with Crippen molar-refractivity contribution in [2.24, 2.45) is 15.8 Å². The van der Waals surface area contributed by atoms with Crippen LogP contribution in [-0.2, 0) is 0 Å². The van der Waals surface area contributed by atoms with Gasteiger partial charge in [0.15, 0.2) is 9.68 Å². The number of nitrogens with zero attached hydrogens (tertiary/aromatic N) is 2. The van der Waals surface area contributed by atoms with Crippen molar-refractivity contribution in [3.05, 3.63) is 29.8 Å². The number of carbonyl (C=O) groups excluding carboxylic acids is 1. The summed E-state index contributed by atoms with van der Waals surface area (Å²) in [4.78, 5) is 12.2. The molecular formula is C18H30N2O2Si. The van der Waals surface area contributed by atoms with Gasteiger partial charge in [-0.1, -0.05) is 58.6 Å². The number of ether oxygens (including phenoxy) is 1. The zero-order valence-corrected chi connectivity index (χ0v) is 16.2. The Hall–Kier alpha value is -1.49. The molecule has 1 atom stereocenters. The molecule has 0 spiro atoms. The number of benzene rings is 1. The highest BCUT2D eigenvalue weighted by molar-refractivity contribution is 6.32. The van der Waals surface area contributed by atoms with Crippen LogP contribution in [-0.4, -0.2) is 22.2 Å². The van der Waals surface area contributed by atoms with Crippen LogP contribution in [0, 0.1) is 5.92 Å². The van der Waals surface area contributed by atoms with Crippen molar-refractivity contribution in [2.75, 3.05) is 6.61 Å². The van der Waals surface area contributed by atoms with Gasteiger partial charge in [0.1, 0.15) is 5.75 Å². The lowest BCUT2D eigenvalue weighted by Gasteiger charge is -2.16. The molecule has 1 unspecified atom stereocenters. The molecule has 0 N–H and O–H groups in total. The minimum atomic E-state index is -0.590. The number of unbranched alkanes of at least 4 members (excludes halogenated alkanes) is 1. The highest BCUT2D eigenvalue weighted by Gasteiger charge is 2.13. The predicted octanol–water partition coefficient (Wildman–Crippen LogP) is 4.79. The van der Waals surface area contributed by atoms with Gasteiger partial charge in [-0.2, -0.15) is 0 Å². The second-order valence-electron chi connectivity index (χ2n) is 5.85. The molecule has 1 amide bonds. The van der Waals surface area contributed by atoms with Crippen LogP contribution < -0.4 is 4.74 Å². The number of rotatable bonds is 11. The van der Waals surface area contributed by atoms with Gasteiger partial charge in [-0.05, 0) is 30.5 Å². The van der Waals surface area contributed by atoms with Gasteiger partial charge in [0.05, 0.1) is 12.2 Å². The summed E-state index contributed by atoms with van der Waals surface area (Å²) < 4.78 is 10.0. The third kappa shape index (κ3) is 7.55. The quantitative estimate of drug-likeness (QED) is 0.332. The summed E-state index contributed by atoms with van der Waals surface area (Å²) in [7, 11) is -0.590. The Kier molecular flexibility index (Phi) is 10.2. The summed E-state index contributed by atoms with van der Waals surface area (Å²) in [5.41, 5.74) is 0.520. The van der Waals surface area contributed by atoms with E-state index in [1.165, 1.54) is 19.3 Å². The van der Waals surface area contributed by atoms with Crippen LogP contribution in [0.2, 0.25) is 6.04 Å². The topological polar surface area (TPSA) is 51.0 Å². The van der Waals surface area contributed by atoms with Crippen molar-refractivity contribution in [2.45, 2.75) is 58.9 Å². The summed E-state index contributed by atoms with van der Waals surface area (Å²) in [5.74, 6) is 0.881. The van der Waals surface area contributed by atoms with Gasteiger partial charge >= 0.3 is 0 Å². The Balaban J connectivity index is 2.65. The molecule has 1 aromatic carbocycles. The van der Waals surface area contributed by atoms with E-state index in [2.05, 4.69) is 30.7 Å². The lowest BCUT2D eigenvalue weighted by atomic mass is 10.0. The number of para-hydroxylation sites is 1. The molecule has 0 fully saturated rings. The first-order valence-electron chi connectivity index (χ1n) is 8.86. The van der Waals surface area contributed by atoms with E-state index < -0.39 is 9.68 Å². The van der Waals surface area contributed by atoms with Gasteiger partial charge < -0.3 is 4.74 Å². The molecular weight excluding hydrogens is 304 g/mol. The number of amides is 1. The number of hydrogen-bond acceptors (Lipinski definition) is 3. The van der Waals surface area contributed by atoms with Gasteiger partial charge in [0.25, 0.3) is 5.91 Å². The van der Waals surface area contributed by atoms with E-state index in [1.54, 1.807) is 6.07 Å². The van der Waals surface area contributed by atoms with Crippen molar-refractivity contribution >= 4 is 15.6 Å². The fraction of sp³-hybridized carbons (Fsp3) is 0.611. The van der Waals surface area contributed by atoms with Gasteiger partial charge in [0.2, 0.25) is 0 Å². The van der Waals surface area contributed by atoms with Gasteiger partial charge in [0, 0.05) is 0 Å². The SMILES string of the molecule is CCCCC(CC)COc1ccccc1C(=O)N=N[SiH2]CCC. The molecule has 0 aliphatic carbocycles. The first kappa shape index (κ1) is 19.6. The standard InChI is InChI=1S/C18H30N2O2Si/c1-4-7-10-15(6-3)14-22-17-12-9-8-11-16(17)18(21)19-20-23-13-5-2/h8-9,11-12,15H,4-7,10,13-14,23H2,1-3H3. The fourth-order valence-electron chi connectivity index (χ4n) is 2.27. The van der Waals surface area contributed by atoms with Crippen LogP contribution in [0.4, 0.5) is 0 Å². The summed E-state index contributed by atoms with van der Waals surface area (Å²) in [6.07, 6.45) is 5.80. The third-order valence-corrected chi connectivity index (χ3v) is 5.27. The monoisotopic (exact) mass is 334 g/mol. The van der Waals surface area contributed by atoms with Crippen LogP contribution in [0.5, 0.6) is 5.75 Å². The van der Waals surface area contributed by atoms with E-state index in [0.717, 1.165) is 18.9 Å². The minimum absolute atomic E-state index is 0.286. The molecule has 0 radical (unpaired) electrons. The Morgan fingerprint density at radius 1 is 1.22 bits per heavy atom. The highest BCUT2D eigenvalue weighted by atomic mass is 28.2. The summed E-state index contributed by atoms with van der Waals surface area (Å²) in [6.45, 7) is 7.17. The Morgan fingerprint density at radius 3 is 2.70 bits per heavy atom. The van der Waals surface area contributed by atoms with E-state index in [-0.39, 0.29) is 5.91 Å². The average Bonchev–Trinajstić information content (AvgIpc) is 2.59. The molecule has 1 rings (SSSR count). The van der Waals surface area contributed by atoms with Crippen LogP contribution in [0.3, 0.4) is 0 Å². The number of carbonyl (C=O) groups is 1. The smallest absolute Gasteiger partial charge is 0.297 e. The summed E-state index contributed by atoms with van der Waals surface area (Å²) >= 11 is 0. The van der Waals surface area contributed by atoms with E-state index in [0.29, 0.717) is 23.8 Å². The second kappa shape index (κ2) is 12.0. The Morgan fingerprint density at radius 2 is 2.00 bits per heavy atom. The largest absolute Gasteiger partial charge is 0.492 e. The van der Waals surface area contributed by atoms with Gasteiger partial charge in [-0.3, -0.25) is 4.79 Å². The lowest BCUT2D eigenvalue weighted by molar-refractivity contribution is 0.0990. The average molecular weight is 335 g/mol. The van der Waals surface area contributed by atoms with Crippen molar-refractivity contribution < 1.29 is 9.53 Å². The van der Waals surface area contributed by atoms with Crippen molar-refractivity contribution in [1.82, 2.24) is 0 Å². The molecule has 23 heavy (non-hydrogen) atoms. The zero-order valence-electron chi connectivity index (χ0n) is 14.8. The van der Waals surface area contributed by atoms with Gasteiger partial charge in [-0.15, -0.1) is 5.11 Å². The lowest BCUT2D eigenvalue weighted by Crippen LogP contribution is -2.13. The molecule has 5 heteroatoms. The maximum Gasteiger partial charge on any atom is 0.297 e. The molecule has 4 nitrogen and oxygen atoms in total. The van der Waals surface area contributed by atoms with Crippen molar-refractivity contribution in [3.63, 3.8) is 0 Å². The first-order valence-corrected chi connectivity index (χ1v) is 10.5. The van der Waals surface area contributed by atoms with Crippen molar-refractivity contribution in [1.29, 1.82) is 0 Å². The summed E-state index contributed by atoms with van der Waals surface area (Å²) in [5, 5.41) is 3.86. The van der Waals surface area contributed by atoms with Crippen molar-refractivity contribution in [3.8, 4) is 5.75 Å². The molecule has 128 valence electrons. The van der Waals surface area contributed by atoms with E-state index in [9.17, 15) is 4.79 Å². The van der Waals surface area contributed by atoms with Crippen LogP contribution in [0.1, 0.15) is 63.2 Å². The molecule has 0 aliphatic heterocycles. The van der Waals surface area contributed by atoms with Crippen LogP contribution in [0.25, 0.3) is 0 Å². The van der Waals surface area contributed by atoms with E-state index >= 15 is 0 Å².